The van der Waals surface area contributed by atoms with Gasteiger partial charge in [-0.2, -0.15) is 0 Å². The summed E-state index contributed by atoms with van der Waals surface area (Å²) in [5.41, 5.74) is 1.58. The van der Waals surface area contributed by atoms with Crippen LogP contribution in [0.25, 0.3) is 10.9 Å². The molecule has 29 heavy (non-hydrogen) atoms. The third-order valence-electron chi connectivity index (χ3n) is 5.35. The van der Waals surface area contributed by atoms with Crippen molar-refractivity contribution in [1.82, 2.24) is 9.47 Å². The monoisotopic (exact) mass is 402 g/mol. The molecule has 0 unspecified atom stereocenters. The first-order chi connectivity index (χ1) is 14.1. The minimum Gasteiger partial charge on any atom is -0.493 e. The van der Waals surface area contributed by atoms with E-state index in [9.17, 15) is 9.59 Å². The summed E-state index contributed by atoms with van der Waals surface area (Å²) in [6.45, 7) is 6.89. The summed E-state index contributed by atoms with van der Waals surface area (Å²) in [7, 11) is 1.65. The Bertz CT molecular complexity index is 852. The van der Waals surface area contributed by atoms with Crippen LogP contribution in [-0.4, -0.2) is 61.4 Å². The molecule has 0 saturated carbocycles. The van der Waals surface area contributed by atoms with Gasteiger partial charge >= 0.3 is 5.97 Å². The molecule has 0 bridgehead atoms. The van der Waals surface area contributed by atoms with Gasteiger partial charge in [0.25, 0.3) is 5.91 Å². The standard InChI is InChI=1S/C22H30N2O5/c1-4-28-20-8-6-7-18-17(20)15-19(24(18)13-14-27-3)21(25)23-11-9-16(10-12-23)22(26)29-5-2/h6-8,15-16H,4-5,9-14H2,1-3H3. The highest BCUT2D eigenvalue weighted by molar-refractivity contribution is 6.00. The Labute approximate surface area is 171 Å². The Balaban J connectivity index is 1.85. The molecule has 0 spiro atoms. The first-order valence-electron chi connectivity index (χ1n) is 10.3. The molecular formula is C22H30N2O5. The fraction of sp³-hybridized carbons (Fsp3) is 0.545. The second kappa shape index (κ2) is 9.78. The van der Waals surface area contributed by atoms with Crippen molar-refractivity contribution >= 4 is 22.8 Å². The molecule has 1 aromatic heterocycles. The summed E-state index contributed by atoms with van der Waals surface area (Å²) in [5.74, 6) is 0.469. The summed E-state index contributed by atoms with van der Waals surface area (Å²) in [5, 5.41) is 0.926. The molecule has 7 heteroatoms. The fourth-order valence-electron chi connectivity index (χ4n) is 3.88. The van der Waals surface area contributed by atoms with E-state index >= 15 is 0 Å². The van der Waals surface area contributed by atoms with Crippen molar-refractivity contribution in [3.8, 4) is 5.75 Å². The number of rotatable bonds is 8. The zero-order valence-corrected chi connectivity index (χ0v) is 17.5. The average molecular weight is 402 g/mol. The molecule has 0 N–H and O–H groups in total. The molecule has 2 aromatic rings. The van der Waals surface area contributed by atoms with Crippen LogP contribution in [-0.2, 0) is 20.8 Å². The van der Waals surface area contributed by atoms with Crippen molar-refractivity contribution < 1.29 is 23.8 Å². The van der Waals surface area contributed by atoms with Crippen LogP contribution in [0.2, 0.25) is 0 Å². The van der Waals surface area contributed by atoms with Gasteiger partial charge in [-0.3, -0.25) is 9.59 Å². The fourth-order valence-corrected chi connectivity index (χ4v) is 3.88. The molecule has 1 aliphatic heterocycles. The van der Waals surface area contributed by atoms with E-state index in [2.05, 4.69) is 0 Å². The van der Waals surface area contributed by atoms with Gasteiger partial charge < -0.3 is 23.7 Å². The summed E-state index contributed by atoms with van der Waals surface area (Å²) in [4.78, 5) is 27.1. The van der Waals surface area contributed by atoms with Gasteiger partial charge in [-0.15, -0.1) is 0 Å². The van der Waals surface area contributed by atoms with Gasteiger partial charge in [0.2, 0.25) is 0 Å². The summed E-state index contributed by atoms with van der Waals surface area (Å²) >= 11 is 0. The molecule has 2 heterocycles. The third-order valence-corrected chi connectivity index (χ3v) is 5.35. The second-order valence-corrected chi connectivity index (χ2v) is 7.11. The van der Waals surface area contributed by atoms with Crippen LogP contribution in [0.5, 0.6) is 5.75 Å². The number of carbonyl (C=O) groups excluding carboxylic acids is 2. The number of hydrogen-bond acceptors (Lipinski definition) is 5. The normalized spacial score (nSPS) is 14.9. The molecule has 1 saturated heterocycles. The first-order valence-corrected chi connectivity index (χ1v) is 10.3. The van der Waals surface area contributed by atoms with Crippen molar-refractivity contribution in [2.45, 2.75) is 33.2 Å². The molecule has 1 aliphatic rings. The molecule has 1 aromatic carbocycles. The van der Waals surface area contributed by atoms with Crippen LogP contribution < -0.4 is 4.74 Å². The minimum absolute atomic E-state index is 0.0259. The molecule has 7 nitrogen and oxygen atoms in total. The third kappa shape index (κ3) is 4.56. The Morgan fingerprint density at radius 3 is 2.55 bits per heavy atom. The highest BCUT2D eigenvalue weighted by Gasteiger charge is 2.30. The van der Waals surface area contributed by atoms with Crippen LogP contribution in [0.3, 0.4) is 0 Å². The highest BCUT2D eigenvalue weighted by atomic mass is 16.5. The van der Waals surface area contributed by atoms with E-state index in [0.29, 0.717) is 58.0 Å². The summed E-state index contributed by atoms with van der Waals surface area (Å²) < 4.78 is 18.1. The number of piperidine rings is 1. The van der Waals surface area contributed by atoms with Crippen molar-refractivity contribution in [1.29, 1.82) is 0 Å². The number of carbonyl (C=O) groups is 2. The van der Waals surface area contributed by atoms with Gasteiger partial charge in [0.1, 0.15) is 11.4 Å². The Hall–Kier alpha value is -2.54. The maximum absolute atomic E-state index is 13.3. The van der Waals surface area contributed by atoms with Gasteiger partial charge in [-0.1, -0.05) is 6.07 Å². The van der Waals surface area contributed by atoms with Gasteiger partial charge in [0.15, 0.2) is 0 Å². The summed E-state index contributed by atoms with van der Waals surface area (Å²) in [6.07, 6.45) is 1.26. The zero-order chi connectivity index (χ0) is 20.8. The lowest BCUT2D eigenvalue weighted by Gasteiger charge is -2.31. The molecule has 3 rings (SSSR count). The predicted octanol–water partition coefficient (Wildman–Crippen LogP) is 3.10. The number of ether oxygens (including phenoxy) is 3. The number of nitrogens with zero attached hydrogens (tertiary/aromatic N) is 2. The molecular weight excluding hydrogens is 372 g/mol. The van der Waals surface area contributed by atoms with E-state index in [0.717, 1.165) is 16.7 Å². The lowest BCUT2D eigenvalue weighted by molar-refractivity contribution is -0.149. The van der Waals surface area contributed by atoms with E-state index < -0.39 is 0 Å². The number of amides is 1. The number of esters is 1. The molecule has 0 radical (unpaired) electrons. The molecule has 1 fully saturated rings. The lowest BCUT2D eigenvalue weighted by atomic mass is 9.97. The molecule has 1 amide bonds. The van der Waals surface area contributed by atoms with E-state index in [1.165, 1.54) is 0 Å². The number of methoxy groups -OCH3 is 1. The van der Waals surface area contributed by atoms with Crippen molar-refractivity contribution in [2.75, 3.05) is 40.0 Å². The van der Waals surface area contributed by atoms with Crippen LogP contribution in [0.1, 0.15) is 37.2 Å². The van der Waals surface area contributed by atoms with Crippen LogP contribution in [0, 0.1) is 5.92 Å². The van der Waals surface area contributed by atoms with Crippen molar-refractivity contribution in [3.63, 3.8) is 0 Å². The Kier molecular flexibility index (Phi) is 7.14. The van der Waals surface area contributed by atoms with Crippen LogP contribution >= 0.6 is 0 Å². The smallest absolute Gasteiger partial charge is 0.309 e. The van der Waals surface area contributed by atoms with E-state index in [1.807, 2.05) is 47.6 Å². The summed E-state index contributed by atoms with van der Waals surface area (Å²) in [6, 6.07) is 7.77. The highest BCUT2D eigenvalue weighted by Crippen LogP contribution is 2.30. The van der Waals surface area contributed by atoms with Gasteiger partial charge in [0, 0.05) is 32.1 Å². The number of benzene rings is 1. The number of fused-ring (bicyclic) bond motifs is 1. The Morgan fingerprint density at radius 1 is 1.14 bits per heavy atom. The van der Waals surface area contributed by atoms with E-state index in [4.69, 9.17) is 14.2 Å². The SMILES string of the molecule is CCOC(=O)C1CCN(C(=O)c2cc3c(OCC)cccc3n2CCOC)CC1. The predicted molar refractivity (Wildman–Crippen MR) is 110 cm³/mol. The van der Waals surface area contributed by atoms with Gasteiger partial charge in [-0.25, -0.2) is 0 Å². The van der Waals surface area contributed by atoms with E-state index in [1.54, 1.807) is 7.11 Å². The minimum atomic E-state index is -0.157. The largest absolute Gasteiger partial charge is 0.493 e. The number of hydrogen-bond donors (Lipinski definition) is 0. The number of aromatic nitrogens is 1. The second-order valence-electron chi connectivity index (χ2n) is 7.11. The maximum atomic E-state index is 13.3. The zero-order valence-electron chi connectivity index (χ0n) is 17.5. The molecule has 0 atom stereocenters. The maximum Gasteiger partial charge on any atom is 0.309 e. The van der Waals surface area contributed by atoms with Crippen LogP contribution in [0.4, 0.5) is 0 Å². The molecule has 158 valence electrons. The molecule has 0 aliphatic carbocycles. The van der Waals surface area contributed by atoms with Gasteiger partial charge in [0.05, 0.1) is 31.3 Å². The lowest BCUT2D eigenvalue weighted by Crippen LogP contribution is -2.41. The topological polar surface area (TPSA) is 70.0 Å². The average Bonchev–Trinajstić information content (AvgIpc) is 3.11. The van der Waals surface area contributed by atoms with E-state index in [-0.39, 0.29) is 17.8 Å². The Morgan fingerprint density at radius 2 is 1.90 bits per heavy atom. The first kappa shape index (κ1) is 21.2. The van der Waals surface area contributed by atoms with Gasteiger partial charge in [-0.05, 0) is 44.9 Å². The van der Waals surface area contributed by atoms with Crippen molar-refractivity contribution in [3.05, 3.63) is 30.0 Å². The van der Waals surface area contributed by atoms with Crippen LogP contribution in [0.15, 0.2) is 24.3 Å². The number of likely N-dealkylation sites (tertiary alicyclic amines) is 1. The van der Waals surface area contributed by atoms with Crippen molar-refractivity contribution in [2.24, 2.45) is 5.92 Å². The quantitative estimate of drug-likeness (QED) is 0.635.